The molecule has 0 heterocycles. The van der Waals surface area contributed by atoms with Crippen LogP contribution < -0.4 is 15.4 Å². The number of ether oxygens (including phenoxy) is 1. The summed E-state index contributed by atoms with van der Waals surface area (Å²) in [5.74, 6) is -0.558. The summed E-state index contributed by atoms with van der Waals surface area (Å²) >= 11 is 0. The number of hydrogen-bond donors (Lipinski definition) is 3. The molecule has 8 nitrogen and oxygen atoms in total. The quantitative estimate of drug-likeness (QED) is 0.480. The van der Waals surface area contributed by atoms with E-state index in [1.54, 1.807) is 13.0 Å². The van der Waals surface area contributed by atoms with E-state index in [4.69, 9.17) is 4.74 Å². The predicted octanol–water partition coefficient (Wildman–Crippen LogP) is 0.954. The van der Waals surface area contributed by atoms with E-state index in [1.807, 2.05) is 13.8 Å². The van der Waals surface area contributed by atoms with Crippen molar-refractivity contribution in [3.8, 4) is 0 Å². The Hall–Kier alpha value is -1.97. The number of carbonyl (C=O) groups is 2. The van der Waals surface area contributed by atoms with Crippen molar-refractivity contribution in [2.45, 2.75) is 44.6 Å². The lowest BCUT2D eigenvalue weighted by Gasteiger charge is -2.13. The molecule has 1 aromatic carbocycles. The van der Waals surface area contributed by atoms with E-state index in [2.05, 4.69) is 15.4 Å². The van der Waals surface area contributed by atoms with Crippen molar-refractivity contribution in [2.75, 3.05) is 26.8 Å². The monoisotopic (exact) mass is 399 g/mol. The summed E-state index contributed by atoms with van der Waals surface area (Å²) in [4.78, 5) is 24.1. The first-order valence-corrected chi connectivity index (χ1v) is 10.4. The first-order chi connectivity index (χ1) is 12.7. The summed E-state index contributed by atoms with van der Waals surface area (Å²) in [5.41, 5.74) is 0.902. The van der Waals surface area contributed by atoms with Gasteiger partial charge in [0, 0.05) is 38.2 Å². The molecule has 0 spiro atoms. The molecule has 0 aliphatic heterocycles. The van der Waals surface area contributed by atoms with Crippen molar-refractivity contribution in [1.82, 2.24) is 15.4 Å². The summed E-state index contributed by atoms with van der Waals surface area (Å²) in [6.07, 6.45) is 0.989. The average molecular weight is 400 g/mol. The fraction of sp³-hybridized carbons (Fsp3) is 0.556. The zero-order chi connectivity index (χ0) is 20.4. The lowest BCUT2D eigenvalue weighted by atomic mass is 10.1. The van der Waals surface area contributed by atoms with Crippen LogP contribution in [0.1, 0.15) is 42.6 Å². The van der Waals surface area contributed by atoms with Gasteiger partial charge in [0.15, 0.2) is 0 Å². The molecule has 0 saturated heterocycles. The van der Waals surface area contributed by atoms with Crippen LogP contribution in [0.15, 0.2) is 23.1 Å². The molecule has 0 saturated carbocycles. The maximum Gasteiger partial charge on any atom is 0.251 e. The number of aryl methyl sites for hydroxylation is 1. The van der Waals surface area contributed by atoms with Crippen molar-refractivity contribution < 1.29 is 22.7 Å². The maximum absolute atomic E-state index is 12.4. The van der Waals surface area contributed by atoms with Gasteiger partial charge in [-0.05, 0) is 38.0 Å². The molecule has 9 heteroatoms. The molecule has 0 radical (unpaired) electrons. The third kappa shape index (κ3) is 7.66. The SMILES string of the molecule is CCC(C)NC(=O)CCNC(=O)c1cc(S(=O)(=O)NCCOC)ccc1C. The molecule has 0 bridgehead atoms. The Kier molecular flexibility index (Phi) is 9.40. The number of hydrogen-bond acceptors (Lipinski definition) is 5. The first kappa shape index (κ1) is 23.1. The molecule has 1 rings (SSSR count). The Morgan fingerprint density at radius 2 is 1.93 bits per heavy atom. The van der Waals surface area contributed by atoms with Crippen molar-refractivity contribution in [3.05, 3.63) is 29.3 Å². The molecule has 1 atom stereocenters. The Labute approximate surface area is 161 Å². The molecule has 152 valence electrons. The van der Waals surface area contributed by atoms with Gasteiger partial charge in [-0.3, -0.25) is 9.59 Å². The number of sulfonamides is 1. The number of carbonyl (C=O) groups excluding carboxylic acids is 2. The smallest absolute Gasteiger partial charge is 0.251 e. The highest BCUT2D eigenvalue weighted by Crippen LogP contribution is 2.15. The van der Waals surface area contributed by atoms with Crippen LogP contribution in [-0.2, 0) is 19.6 Å². The minimum absolute atomic E-state index is 0.00358. The van der Waals surface area contributed by atoms with Gasteiger partial charge in [-0.15, -0.1) is 0 Å². The topological polar surface area (TPSA) is 114 Å². The Morgan fingerprint density at radius 3 is 2.56 bits per heavy atom. The largest absolute Gasteiger partial charge is 0.383 e. The van der Waals surface area contributed by atoms with Crippen LogP contribution in [0.3, 0.4) is 0 Å². The van der Waals surface area contributed by atoms with Gasteiger partial charge in [-0.25, -0.2) is 13.1 Å². The standard InChI is InChI=1S/C18H29N3O5S/c1-5-14(3)21-17(22)8-9-19-18(23)16-12-15(7-6-13(16)2)27(24,25)20-10-11-26-4/h6-7,12,14,20H,5,8-11H2,1-4H3,(H,19,23)(H,21,22). The number of methoxy groups -OCH3 is 1. The number of rotatable bonds is 11. The Balaban J connectivity index is 2.73. The van der Waals surface area contributed by atoms with Crippen molar-refractivity contribution in [3.63, 3.8) is 0 Å². The van der Waals surface area contributed by atoms with Crippen LogP contribution in [-0.4, -0.2) is 53.1 Å². The van der Waals surface area contributed by atoms with Gasteiger partial charge in [0.2, 0.25) is 15.9 Å². The Bertz CT molecular complexity index is 749. The molecule has 0 fully saturated rings. The second-order valence-electron chi connectivity index (χ2n) is 6.25. The van der Waals surface area contributed by atoms with Gasteiger partial charge in [0.05, 0.1) is 11.5 Å². The van der Waals surface area contributed by atoms with Crippen LogP contribution in [0.5, 0.6) is 0 Å². The highest BCUT2D eigenvalue weighted by Gasteiger charge is 2.18. The van der Waals surface area contributed by atoms with E-state index < -0.39 is 15.9 Å². The third-order valence-electron chi connectivity index (χ3n) is 4.02. The number of amides is 2. The van der Waals surface area contributed by atoms with Crippen LogP contribution >= 0.6 is 0 Å². The molecular formula is C18H29N3O5S. The van der Waals surface area contributed by atoms with E-state index in [-0.39, 0.29) is 48.5 Å². The summed E-state index contributed by atoms with van der Waals surface area (Å²) in [7, 11) is -2.25. The normalized spacial score (nSPS) is 12.4. The summed E-state index contributed by atoms with van der Waals surface area (Å²) in [6, 6.07) is 4.44. The highest BCUT2D eigenvalue weighted by atomic mass is 32.2. The summed E-state index contributed by atoms with van der Waals surface area (Å²) in [6.45, 7) is 6.16. The van der Waals surface area contributed by atoms with E-state index in [0.717, 1.165) is 6.42 Å². The Morgan fingerprint density at radius 1 is 1.22 bits per heavy atom. The molecule has 27 heavy (non-hydrogen) atoms. The third-order valence-corrected chi connectivity index (χ3v) is 5.48. The fourth-order valence-electron chi connectivity index (χ4n) is 2.21. The van der Waals surface area contributed by atoms with Crippen molar-refractivity contribution in [2.24, 2.45) is 0 Å². The lowest BCUT2D eigenvalue weighted by Crippen LogP contribution is -2.35. The molecule has 1 unspecified atom stereocenters. The van der Waals surface area contributed by atoms with Gasteiger partial charge in [-0.1, -0.05) is 13.0 Å². The molecule has 2 amide bonds. The van der Waals surface area contributed by atoms with E-state index in [1.165, 1.54) is 19.2 Å². The van der Waals surface area contributed by atoms with E-state index in [0.29, 0.717) is 5.56 Å². The second kappa shape index (κ2) is 11.0. The van der Waals surface area contributed by atoms with Gasteiger partial charge < -0.3 is 15.4 Å². The van der Waals surface area contributed by atoms with Crippen molar-refractivity contribution in [1.29, 1.82) is 0 Å². The lowest BCUT2D eigenvalue weighted by molar-refractivity contribution is -0.121. The highest BCUT2D eigenvalue weighted by molar-refractivity contribution is 7.89. The second-order valence-corrected chi connectivity index (χ2v) is 8.02. The number of nitrogens with one attached hydrogen (secondary N) is 3. The first-order valence-electron chi connectivity index (χ1n) is 8.88. The van der Waals surface area contributed by atoms with Crippen molar-refractivity contribution >= 4 is 21.8 Å². The fourth-order valence-corrected chi connectivity index (χ4v) is 3.25. The van der Waals surface area contributed by atoms with E-state index >= 15 is 0 Å². The summed E-state index contributed by atoms with van der Waals surface area (Å²) in [5, 5.41) is 5.48. The minimum atomic E-state index is -3.73. The maximum atomic E-state index is 12.4. The zero-order valence-electron chi connectivity index (χ0n) is 16.3. The van der Waals surface area contributed by atoms with Gasteiger partial charge >= 0.3 is 0 Å². The van der Waals surface area contributed by atoms with Gasteiger partial charge in [0.25, 0.3) is 5.91 Å². The molecular weight excluding hydrogens is 370 g/mol. The predicted molar refractivity (Wildman–Crippen MR) is 103 cm³/mol. The molecule has 3 N–H and O–H groups in total. The summed E-state index contributed by atoms with van der Waals surface area (Å²) < 4.78 is 31.8. The van der Waals surface area contributed by atoms with Crippen LogP contribution in [0.4, 0.5) is 0 Å². The van der Waals surface area contributed by atoms with Crippen LogP contribution in [0.25, 0.3) is 0 Å². The zero-order valence-corrected chi connectivity index (χ0v) is 17.1. The number of benzene rings is 1. The van der Waals surface area contributed by atoms with E-state index in [9.17, 15) is 18.0 Å². The molecule has 0 aliphatic carbocycles. The molecule has 1 aromatic rings. The average Bonchev–Trinajstić information content (AvgIpc) is 2.61. The molecule has 0 aliphatic rings. The molecule has 0 aromatic heterocycles. The van der Waals surface area contributed by atoms with Crippen LogP contribution in [0.2, 0.25) is 0 Å². The van der Waals surface area contributed by atoms with Gasteiger partial charge in [0.1, 0.15) is 0 Å². The van der Waals surface area contributed by atoms with Crippen LogP contribution in [0, 0.1) is 6.92 Å². The minimum Gasteiger partial charge on any atom is -0.383 e. The van der Waals surface area contributed by atoms with Gasteiger partial charge in [-0.2, -0.15) is 0 Å².